The summed E-state index contributed by atoms with van der Waals surface area (Å²) in [4.78, 5) is 36.4. The molecule has 2 aliphatic rings. The molecule has 1 N–H and O–H groups in total. The lowest BCUT2D eigenvalue weighted by Gasteiger charge is -2.28. The van der Waals surface area contributed by atoms with Gasteiger partial charge in [-0.3, -0.25) is 14.4 Å². The first-order chi connectivity index (χ1) is 20.0. The van der Waals surface area contributed by atoms with Gasteiger partial charge in [-0.25, -0.2) is 0 Å². The number of aliphatic hydroxyl groups excluding tert-OH is 1. The Labute approximate surface area is 258 Å². The fraction of sp³-hybridized carbons (Fsp3) is 0.308. The minimum Gasteiger partial charge on any atom is -0.504 e. The minimum absolute atomic E-state index is 0.182. The maximum absolute atomic E-state index is 12.2. The number of hydrogen-bond acceptors (Lipinski definition) is 4. The predicted molar refractivity (Wildman–Crippen MR) is 179 cm³/mol. The molecule has 0 unspecified atom stereocenters. The van der Waals surface area contributed by atoms with Gasteiger partial charge in [0.25, 0.3) is 0 Å². The summed E-state index contributed by atoms with van der Waals surface area (Å²) >= 11 is 0. The summed E-state index contributed by atoms with van der Waals surface area (Å²) in [5.74, 6) is -1.23. The van der Waals surface area contributed by atoms with Crippen LogP contribution in [0.3, 0.4) is 0 Å². The van der Waals surface area contributed by atoms with Crippen LogP contribution >= 0.6 is 0 Å². The topological polar surface area (TPSA) is 71.4 Å². The van der Waals surface area contributed by atoms with E-state index in [1.54, 1.807) is 33.8 Å². The van der Waals surface area contributed by atoms with E-state index >= 15 is 0 Å². The van der Waals surface area contributed by atoms with Gasteiger partial charge in [-0.15, -0.1) is 0 Å². The largest absolute Gasteiger partial charge is 0.504 e. The number of Topliss-reactive ketones (excluding diaryl/α,β-unsaturated/α-hetero) is 3. The molecule has 0 bridgehead atoms. The fourth-order valence-corrected chi connectivity index (χ4v) is 4.89. The van der Waals surface area contributed by atoms with Crippen molar-refractivity contribution in [3.05, 3.63) is 141 Å². The van der Waals surface area contributed by atoms with Crippen molar-refractivity contribution in [3.8, 4) is 0 Å². The molecule has 0 spiro atoms. The Balaban J connectivity index is 1.94. The molecule has 226 valence electrons. The number of carbonyl (C=O) groups is 3. The minimum atomic E-state index is -0.771. The summed E-state index contributed by atoms with van der Waals surface area (Å²) in [5.41, 5.74) is 5.89. The molecule has 0 saturated carbocycles. The third-order valence-corrected chi connectivity index (χ3v) is 7.65. The van der Waals surface area contributed by atoms with Gasteiger partial charge in [-0.2, -0.15) is 0 Å². The van der Waals surface area contributed by atoms with Gasteiger partial charge in [-0.1, -0.05) is 121 Å². The average Bonchev–Trinajstić information content (AvgIpc) is 3.06. The van der Waals surface area contributed by atoms with Crippen molar-refractivity contribution < 1.29 is 19.5 Å². The second-order valence-corrected chi connectivity index (χ2v) is 12.4. The Kier molecular flexibility index (Phi) is 12.0. The zero-order valence-corrected chi connectivity index (χ0v) is 27.3. The Morgan fingerprint density at radius 3 is 1.44 bits per heavy atom. The molecule has 2 aliphatic carbocycles. The van der Waals surface area contributed by atoms with E-state index in [0.717, 1.165) is 33.4 Å². The van der Waals surface area contributed by atoms with Crippen LogP contribution in [0, 0.1) is 10.8 Å². The van der Waals surface area contributed by atoms with Crippen molar-refractivity contribution in [3.63, 3.8) is 0 Å². The Morgan fingerprint density at radius 1 is 0.605 bits per heavy atom. The van der Waals surface area contributed by atoms with E-state index in [9.17, 15) is 19.5 Å². The molecule has 4 nitrogen and oxygen atoms in total. The molecule has 0 fully saturated rings. The van der Waals surface area contributed by atoms with Crippen LogP contribution in [0.4, 0.5) is 0 Å². The van der Waals surface area contributed by atoms with Gasteiger partial charge in [0.05, 0.1) is 5.41 Å². The predicted octanol–water partition coefficient (Wildman–Crippen LogP) is 9.41. The Hall–Kier alpha value is -4.31. The first-order valence-electron chi connectivity index (χ1n) is 14.6. The molecule has 0 aromatic rings. The first-order valence-corrected chi connectivity index (χ1v) is 14.6. The van der Waals surface area contributed by atoms with Crippen molar-refractivity contribution in [1.82, 2.24) is 0 Å². The van der Waals surface area contributed by atoms with E-state index in [1.165, 1.54) is 0 Å². The van der Waals surface area contributed by atoms with E-state index in [-0.39, 0.29) is 23.1 Å². The quantitative estimate of drug-likeness (QED) is 0.207. The second-order valence-electron chi connectivity index (χ2n) is 12.4. The lowest BCUT2D eigenvalue weighted by atomic mass is 9.76. The zero-order chi connectivity index (χ0) is 32.5. The van der Waals surface area contributed by atoms with Gasteiger partial charge in [0.1, 0.15) is 0 Å². The summed E-state index contributed by atoms with van der Waals surface area (Å²) in [6, 6.07) is 0. The molecular formula is C39H46O4. The van der Waals surface area contributed by atoms with Gasteiger partial charge in [0, 0.05) is 16.6 Å². The van der Waals surface area contributed by atoms with Crippen LogP contribution in [0.15, 0.2) is 141 Å². The van der Waals surface area contributed by atoms with Crippen molar-refractivity contribution >= 4 is 17.3 Å². The molecule has 43 heavy (non-hydrogen) atoms. The second kappa shape index (κ2) is 14.7. The zero-order valence-electron chi connectivity index (χ0n) is 27.3. The highest BCUT2D eigenvalue weighted by molar-refractivity contribution is 6.48. The number of carbonyl (C=O) groups excluding carboxylic acids is 3. The lowest BCUT2D eigenvalue weighted by Crippen LogP contribution is -2.24. The standard InChI is InChI=1S/C39H46O4/c1-26(17-13-19-28(3)21-23-32-30(5)35(41)34(40)25-38(32,7)8)15-11-12-16-27(2)18-14-20-29(4)22-24-33-31(6)36(42)37(43)39(33,9)10/h11-25,40H,1-10H3/b12-11+,17-13+,18-14+,23-21+,24-22+,26-15+,27-16+,28-19+,29-20+. The monoisotopic (exact) mass is 578 g/mol. The van der Waals surface area contributed by atoms with Crippen LogP contribution in [0.1, 0.15) is 69.2 Å². The van der Waals surface area contributed by atoms with Crippen molar-refractivity contribution in [2.45, 2.75) is 69.2 Å². The van der Waals surface area contributed by atoms with E-state index in [0.29, 0.717) is 11.1 Å². The normalized spacial score (nSPS) is 21.0. The van der Waals surface area contributed by atoms with Gasteiger partial charge in [-0.05, 0) is 72.6 Å². The number of aliphatic hydroxyl groups is 1. The summed E-state index contributed by atoms with van der Waals surface area (Å²) < 4.78 is 0. The molecule has 0 saturated heterocycles. The third-order valence-electron chi connectivity index (χ3n) is 7.65. The molecule has 0 aliphatic heterocycles. The molecule has 0 aromatic carbocycles. The number of allylic oxidation sites excluding steroid dienone is 23. The van der Waals surface area contributed by atoms with Crippen LogP contribution in [0.5, 0.6) is 0 Å². The molecule has 0 aromatic heterocycles. The van der Waals surface area contributed by atoms with Gasteiger partial charge < -0.3 is 5.11 Å². The molecule has 0 radical (unpaired) electrons. The summed E-state index contributed by atoms with van der Waals surface area (Å²) in [7, 11) is 0. The smallest absolute Gasteiger partial charge is 0.225 e. The van der Waals surface area contributed by atoms with Crippen LogP contribution in [0.2, 0.25) is 0 Å². The molecule has 0 atom stereocenters. The van der Waals surface area contributed by atoms with Crippen molar-refractivity contribution in [2.24, 2.45) is 10.8 Å². The summed E-state index contributed by atoms with van der Waals surface area (Å²) in [5, 5.41) is 9.88. The summed E-state index contributed by atoms with van der Waals surface area (Å²) in [6.45, 7) is 19.1. The van der Waals surface area contributed by atoms with E-state index < -0.39 is 10.8 Å². The van der Waals surface area contributed by atoms with Crippen molar-refractivity contribution in [1.29, 1.82) is 0 Å². The average molecular weight is 579 g/mol. The number of ketones is 3. The maximum Gasteiger partial charge on any atom is 0.225 e. The highest BCUT2D eigenvalue weighted by Crippen LogP contribution is 2.39. The van der Waals surface area contributed by atoms with Crippen LogP contribution in [-0.4, -0.2) is 22.5 Å². The number of hydrogen-bond donors (Lipinski definition) is 1. The molecule has 0 amide bonds. The molecule has 4 heteroatoms. The van der Waals surface area contributed by atoms with Gasteiger partial charge in [0.2, 0.25) is 17.3 Å². The summed E-state index contributed by atoms with van der Waals surface area (Å²) in [6.07, 6.45) is 29.5. The highest BCUT2D eigenvalue weighted by Gasteiger charge is 2.43. The Morgan fingerprint density at radius 2 is 1.00 bits per heavy atom. The van der Waals surface area contributed by atoms with E-state index in [1.807, 2.05) is 127 Å². The first kappa shape index (κ1) is 34.9. The third kappa shape index (κ3) is 9.34. The number of rotatable bonds is 10. The SMILES string of the molecule is CC1=C(/C=C/C(C)=C/C=C/C(C)=C/C=C/C=C(C)/C=C/C=C(C)/C=C/C2=C(C)C(=O)C(=O)C2(C)C)C(C)(C)C=C(O)C1=O. The maximum atomic E-state index is 12.2. The highest BCUT2D eigenvalue weighted by atomic mass is 16.3. The van der Waals surface area contributed by atoms with Crippen molar-refractivity contribution in [2.75, 3.05) is 0 Å². The molecular weight excluding hydrogens is 532 g/mol. The van der Waals surface area contributed by atoms with Crippen LogP contribution in [0.25, 0.3) is 0 Å². The van der Waals surface area contributed by atoms with Crippen LogP contribution in [-0.2, 0) is 14.4 Å². The van der Waals surface area contributed by atoms with Crippen LogP contribution < -0.4 is 0 Å². The fourth-order valence-electron chi connectivity index (χ4n) is 4.89. The van der Waals surface area contributed by atoms with Gasteiger partial charge >= 0.3 is 0 Å². The van der Waals surface area contributed by atoms with Gasteiger partial charge in [0.15, 0.2) is 5.76 Å². The lowest BCUT2D eigenvalue weighted by molar-refractivity contribution is -0.137. The van der Waals surface area contributed by atoms with E-state index in [2.05, 4.69) is 0 Å². The molecule has 2 rings (SSSR count). The molecule has 0 heterocycles. The van der Waals surface area contributed by atoms with E-state index in [4.69, 9.17) is 0 Å². The Bertz CT molecular complexity index is 1540.